The van der Waals surface area contributed by atoms with E-state index in [4.69, 9.17) is 4.74 Å². The number of hydrogen-bond acceptors (Lipinski definition) is 5. The summed E-state index contributed by atoms with van der Waals surface area (Å²) in [6.45, 7) is 7.68. The van der Waals surface area contributed by atoms with Crippen LogP contribution in [-0.2, 0) is 14.3 Å². The van der Waals surface area contributed by atoms with Crippen LogP contribution in [-0.4, -0.2) is 74.1 Å². The van der Waals surface area contributed by atoms with E-state index in [1.807, 2.05) is 25.1 Å². The first-order valence-corrected chi connectivity index (χ1v) is 9.33. The zero-order chi connectivity index (χ0) is 18.4. The van der Waals surface area contributed by atoms with Gasteiger partial charge in [0, 0.05) is 24.5 Å². The van der Waals surface area contributed by atoms with Crippen LogP contribution >= 0.6 is 0 Å². The third-order valence-electron chi connectivity index (χ3n) is 4.82. The predicted molar refractivity (Wildman–Crippen MR) is 101 cm³/mol. The molecule has 2 amide bonds. The smallest absolute Gasteiger partial charge is 0.238 e. The third kappa shape index (κ3) is 5.52. The SMILES string of the molecule is Cc1cc(NC(=O)CN2CCOCC2)ccc1NC(=O)CN1CCCC1. The van der Waals surface area contributed by atoms with Crippen LogP contribution < -0.4 is 10.6 Å². The maximum absolute atomic E-state index is 12.2. The number of rotatable bonds is 6. The molecule has 2 aliphatic rings. The first-order chi connectivity index (χ1) is 12.6. The second kappa shape index (κ2) is 9.12. The average molecular weight is 360 g/mol. The Bertz CT molecular complexity index is 638. The third-order valence-corrected chi connectivity index (χ3v) is 4.82. The van der Waals surface area contributed by atoms with Crippen molar-refractivity contribution in [2.75, 3.05) is 63.1 Å². The van der Waals surface area contributed by atoms with Gasteiger partial charge in [0.25, 0.3) is 0 Å². The molecule has 142 valence electrons. The molecule has 0 aromatic heterocycles. The largest absolute Gasteiger partial charge is 0.379 e. The molecule has 0 atom stereocenters. The number of hydrogen-bond donors (Lipinski definition) is 2. The lowest BCUT2D eigenvalue weighted by Gasteiger charge is -2.25. The van der Waals surface area contributed by atoms with Crippen molar-refractivity contribution in [1.82, 2.24) is 9.80 Å². The van der Waals surface area contributed by atoms with Crippen molar-refractivity contribution >= 4 is 23.2 Å². The van der Waals surface area contributed by atoms with Crippen LogP contribution in [0.3, 0.4) is 0 Å². The quantitative estimate of drug-likeness (QED) is 0.800. The van der Waals surface area contributed by atoms with Crippen molar-refractivity contribution in [3.63, 3.8) is 0 Å². The van der Waals surface area contributed by atoms with E-state index in [2.05, 4.69) is 20.4 Å². The molecule has 0 bridgehead atoms. The van der Waals surface area contributed by atoms with Gasteiger partial charge in [0.2, 0.25) is 11.8 Å². The summed E-state index contributed by atoms with van der Waals surface area (Å²) in [5, 5.41) is 5.89. The molecule has 2 saturated heterocycles. The Morgan fingerprint density at radius 3 is 2.23 bits per heavy atom. The number of carbonyl (C=O) groups is 2. The van der Waals surface area contributed by atoms with Gasteiger partial charge in [-0.2, -0.15) is 0 Å². The second-order valence-corrected chi connectivity index (χ2v) is 7.00. The highest BCUT2D eigenvalue weighted by Crippen LogP contribution is 2.20. The zero-order valence-corrected chi connectivity index (χ0v) is 15.4. The average Bonchev–Trinajstić information content (AvgIpc) is 3.11. The number of aryl methyl sites for hydroxylation is 1. The molecule has 0 radical (unpaired) electrons. The molecule has 2 N–H and O–H groups in total. The van der Waals surface area contributed by atoms with E-state index in [0.717, 1.165) is 43.1 Å². The number of nitrogens with zero attached hydrogens (tertiary/aromatic N) is 2. The van der Waals surface area contributed by atoms with E-state index in [-0.39, 0.29) is 11.8 Å². The van der Waals surface area contributed by atoms with Crippen LogP contribution in [0, 0.1) is 6.92 Å². The van der Waals surface area contributed by atoms with Gasteiger partial charge in [-0.1, -0.05) is 0 Å². The van der Waals surface area contributed by atoms with Crippen molar-refractivity contribution in [2.24, 2.45) is 0 Å². The summed E-state index contributed by atoms with van der Waals surface area (Å²) in [4.78, 5) is 28.6. The maximum Gasteiger partial charge on any atom is 0.238 e. The summed E-state index contributed by atoms with van der Waals surface area (Å²) in [6.07, 6.45) is 2.34. The first-order valence-electron chi connectivity index (χ1n) is 9.33. The van der Waals surface area contributed by atoms with E-state index in [1.165, 1.54) is 12.8 Å². The van der Waals surface area contributed by atoms with Crippen LogP contribution in [0.25, 0.3) is 0 Å². The summed E-state index contributed by atoms with van der Waals surface area (Å²) >= 11 is 0. The van der Waals surface area contributed by atoms with E-state index in [0.29, 0.717) is 26.3 Å². The van der Waals surface area contributed by atoms with Gasteiger partial charge in [0.15, 0.2) is 0 Å². The second-order valence-electron chi connectivity index (χ2n) is 7.00. The van der Waals surface area contributed by atoms with E-state index < -0.39 is 0 Å². The van der Waals surface area contributed by atoms with Gasteiger partial charge in [-0.15, -0.1) is 0 Å². The fourth-order valence-corrected chi connectivity index (χ4v) is 3.38. The van der Waals surface area contributed by atoms with Gasteiger partial charge in [-0.3, -0.25) is 19.4 Å². The van der Waals surface area contributed by atoms with E-state index in [1.54, 1.807) is 0 Å². The monoisotopic (exact) mass is 360 g/mol. The molecule has 7 heteroatoms. The molecule has 2 aliphatic heterocycles. The van der Waals surface area contributed by atoms with Crippen LogP contribution in [0.5, 0.6) is 0 Å². The van der Waals surface area contributed by atoms with Crippen molar-refractivity contribution in [3.05, 3.63) is 23.8 Å². The molecule has 3 rings (SSSR count). The lowest BCUT2D eigenvalue weighted by atomic mass is 10.1. The van der Waals surface area contributed by atoms with Crippen molar-refractivity contribution < 1.29 is 14.3 Å². The topological polar surface area (TPSA) is 73.9 Å². The van der Waals surface area contributed by atoms with Crippen molar-refractivity contribution in [2.45, 2.75) is 19.8 Å². The Morgan fingerprint density at radius 1 is 0.962 bits per heavy atom. The zero-order valence-electron chi connectivity index (χ0n) is 15.4. The molecule has 0 unspecified atom stereocenters. The van der Waals surface area contributed by atoms with Crippen molar-refractivity contribution in [1.29, 1.82) is 0 Å². The van der Waals surface area contributed by atoms with Crippen LogP contribution in [0.2, 0.25) is 0 Å². The molecular weight excluding hydrogens is 332 g/mol. The number of amides is 2. The highest BCUT2D eigenvalue weighted by atomic mass is 16.5. The van der Waals surface area contributed by atoms with Crippen LogP contribution in [0.4, 0.5) is 11.4 Å². The lowest BCUT2D eigenvalue weighted by molar-refractivity contribution is -0.118. The van der Waals surface area contributed by atoms with Gasteiger partial charge in [0.1, 0.15) is 0 Å². The molecule has 0 saturated carbocycles. The predicted octanol–water partition coefficient (Wildman–Crippen LogP) is 1.30. The van der Waals surface area contributed by atoms with Crippen molar-refractivity contribution in [3.8, 4) is 0 Å². The molecule has 1 aromatic carbocycles. The van der Waals surface area contributed by atoms with Gasteiger partial charge < -0.3 is 15.4 Å². The molecule has 0 spiro atoms. The van der Waals surface area contributed by atoms with Crippen LogP contribution in [0.1, 0.15) is 18.4 Å². The van der Waals surface area contributed by atoms with E-state index in [9.17, 15) is 9.59 Å². The summed E-state index contributed by atoms with van der Waals surface area (Å²) < 4.78 is 5.29. The molecule has 2 heterocycles. The standard InChI is InChI=1S/C19H28N4O3/c1-15-12-16(20-18(24)13-23-8-10-26-11-9-23)4-5-17(15)21-19(25)14-22-6-2-3-7-22/h4-5,12H,2-3,6-11,13-14H2,1H3,(H,20,24)(H,21,25). The minimum Gasteiger partial charge on any atom is -0.379 e. The first kappa shape index (κ1) is 18.8. The van der Waals surface area contributed by atoms with E-state index >= 15 is 0 Å². The Balaban J connectivity index is 1.49. The highest BCUT2D eigenvalue weighted by molar-refractivity contribution is 5.95. The fraction of sp³-hybridized carbons (Fsp3) is 0.579. The van der Waals surface area contributed by atoms with Gasteiger partial charge in [-0.25, -0.2) is 0 Å². The molecule has 26 heavy (non-hydrogen) atoms. The Hall–Kier alpha value is -1.96. The number of benzene rings is 1. The summed E-state index contributed by atoms with van der Waals surface area (Å²) in [7, 11) is 0. The minimum absolute atomic E-state index is 0.0131. The number of anilines is 2. The molecule has 1 aromatic rings. The van der Waals surface area contributed by atoms with Gasteiger partial charge in [-0.05, 0) is 56.6 Å². The minimum atomic E-state index is -0.0304. The van der Waals surface area contributed by atoms with Gasteiger partial charge in [0.05, 0.1) is 26.3 Å². The summed E-state index contributed by atoms with van der Waals surface area (Å²) in [5.41, 5.74) is 2.47. The maximum atomic E-state index is 12.2. The Kier molecular flexibility index (Phi) is 6.60. The molecule has 2 fully saturated rings. The number of likely N-dealkylation sites (tertiary alicyclic amines) is 1. The van der Waals surface area contributed by atoms with Gasteiger partial charge >= 0.3 is 0 Å². The number of carbonyl (C=O) groups excluding carboxylic acids is 2. The number of nitrogens with one attached hydrogen (secondary N) is 2. The normalized spacial score (nSPS) is 18.7. The number of ether oxygens (including phenoxy) is 1. The fourth-order valence-electron chi connectivity index (χ4n) is 3.38. The molecular formula is C19H28N4O3. The molecule has 7 nitrogen and oxygen atoms in total. The Morgan fingerprint density at radius 2 is 1.58 bits per heavy atom. The number of morpholine rings is 1. The lowest BCUT2D eigenvalue weighted by Crippen LogP contribution is -2.41. The summed E-state index contributed by atoms with van der Waals surface area (Å²) in [6, 6.07) is 5.57. The molecule has 0 aliphatic carbocycles. The van der Waals surface area contributed by atoms with Crippen LogP contribution in [0.15, 0.2) is 18.2 Å². The summed E-state index contributed by atoms with van der Waals surface area (Å²) in [5.74, 6) is -0.0174. The highest BCUT2D eigenvalue weighted by Gasteiger charge is 2.16. The Labute approximate surface area is 154 Å².